The molecular formula is C24H29N3O5. The molecule has 2 saturated heterocycles. The van der Waals surface area contributed by atoms with Crippen molar-refractivity contribution in [2.24, 2.45) is 5.92 Å². The summed E-state index contributed by atoms with van der Waals surface area (Å²) in [4.78, 5) is 29.7. The van der Waals surface area contributed by atoms with Crippen molar-refractivity contribution >= 4 is 17.5 Å². The third kappa shape index (κ3) is 4.19. The number of rotatable bonds is 6. The van der Waals surface area contributed by atoms with Crippen molar-refractivity contribution in [3.8, 4) is 11.5 Å². The van der Waals surface area contributed by atoms with Gasteiger partial charge in [0, 0.05) is 31.3 Å². The lowest BCUT2D eigenvalue weighted by molar-refractivity contribution is -0.126. The molecule has 8 heteroatoms. The molecule has 1 aromatic heterocycles. The van der Waals surface area contributed by atoms with E-state index in [-0.39, 0.29) is 30.2 Å². The number of ether oxygens (including phenoxy) is 2. The lowest BCUT2D eigenvalue weighted by atomic mass is 10.1. The number of carbonyl (C=O) groups is 2. The molecule has 0 radical (unpaired) electrons. The van der Waals surface area contributed by atoms with E-state index in [2.05, 4.69) is 10.2 Å². The Labute approximate surface area is 187 Å². The molecule has 0 aliphatic carbocycles. The van der Waals surface area contributed by atoms with E-state index >= 15 is 0 Å². The number of hydrogen-bond donors (Lipinski definition) is 1. The molecule has 1 aromatic carbocycles. The van der Waals surface area contributed by atoms with Crippen LogP contribution in [-0.4, -0.2) is 56.1 Å². The Balaban J connectivity index is 1.23. The lowest BCUT2D eigenvalue weighted by Crippen LogP contribution is -2.39. The largest absolute Gasteiger partial charge is 0.486 e. The van der Waals surface area contributed by atoms with E-state index in [0.717, 1.165) is 43.1 Å². The number of furan rings is 1. The molecule has 1 N–H and O–H groups in total. The summed E-state index contributed by atoms with van der Waals surface area (Å²) in [5.74, 6) is 2.54. The molecular weight excluding hydrogens is 410 g/mol. The van der Waals surface area contributed by atoms with Gasteiger partial charge in [-0.05, 0) is 57.1 Å². The van der Waals surface area contributed by atoms with Gasteiger partial charge in [0.05, 0.1) is 12.0 Å². The zero-order chi connectivity index (χ0) is 22.1. The summed E-state index contributed by atoms with van der Waals surface area (Å²) in [6.07, 6.45) is 2.52. The second-order valence-electron chi connectivity index (χ2n) is 8.69. The number of amides is 2. The maximum Gasteiger partial charge on any atom is 0.227 e. The minimum atomic E-state index is -0.381. The van der Waals surface area contributed by atoms with E-state index in [4.69, 9.17) is 13.9 Å². The first kappa shape index (κ1) is 20.9. The molecule has 4 heterocycles. The summed E-state index contributed by atoms with van der Waals surface area (Å²) in [7, 11) is 0. The third-order valence-corrected chi connectivity index (χ3v) is 6.47. The first-order chi connectivity index (χ1) is 15.6. The van der Waals surface area contributed by atoms with Gasteiger partial charge in [-0.15, -0.1) is 0 Å². The maximum absolute atomic E-state index is 13.0. The minimum Gasteiger partial charge on any atom is -0.486 e. The minimum absolute atomic E-state index is 0.0150. The second-order valence-corrected chi connectivity index (χ2v) is 8.69. The van der Waals surface area contributed by atoms with E-state index < -0.39 is 0 Å². The van der Waals surface area contributed by atoms with Gasteiger partial charge in [0.2, 0.25) is 11.8 Å². The van der Waals surface area contributed by atoms with Crippen LogP contribution in [0.15, 0.2) is 34.7 Å². The third-order valence-electron chi connectivity index (χ3n) is 6.47. The van der Waals surface area contributed by atoms with Crippen molar-refractivity contribution in [1.29, 1.82) is 0 Å². The summed E-state index contributed by atoms with van der Waals surface area (Å²) < 4.78 is 17.1. The molecule has 0 bridgehead atoms. The summed E-state index contributed by atoms with van der Waals surface area (Å²) in [5, 5.41) is 3.09. The van der Waals surface area contributed by atoms with E-state index in [1.807, 2.05) is 37.3 Å². The predicted molar refractivity (Wildman–Crippen MR) is 118 cm³/mol. The van der Waals surface area contributed by atoms with Crippen LogP contribution in [0.5, 0.6) is 11.5 Å². The molecule has 2 atom stereocenters. The van der Waals surface area contributed by atoms with Crippen molar-refractivity contribution < 1.29 is 23.5 Å². The predicted octanol–water partition coefficient (Wildman–Crippen LogP) is 2.67. The van der Waals surface area contributed by atoms with Crippen LogP contribution < -0.4 is 19.7 Å². The highest BCUT2D eigenvalue weighted by Gasteiger charge is 2.36. The van der Waals surface area contributed by atoms with Crippen LogP contribution in [0.3, 0.4) is 0 Å². The molecule has 2 aromatic rings. The SMILES string of the molecule is Cc1ccc([C@@H](CNC(=O)[C@@H]2CC(=O)N(c3ccc4c(c3)OCCO4)C2)N2CCCC2)o1. The van der Waals surface area contributed by atoms with Crippen molar-refractivity contribution in [3.05, 3.63) is 41.9 Å². The topological polar surface area (TPSA) is 84.2 Å². The van der Waals surface area contributed by atoms with Crippen LogP contribution in [0, 0.1) is 12.8 Å². The van der Waals surface area contributed by atoms with Crippen LogP contribution in [0.2, 0.25) is 0 Å². The Morgan fingerprint density at radius 2 is 1.91 bits per heavy atom. The molecule has 5 rings (SSSR count). The summed E-state index contributed by atoms with van der Waals surface area (Å²) >= 11 is 0. The van der Waals surface area contributed by atoms with E-state index in [1.54, 1.807) is 4.90 Å². The number of benzene rings is 1. The first-order valence-electron chi connectivity index (χ1n) is 11.4. The number of aryl methyl sites for hydroxylation is 1. The molecule has 0 saturated carbocycles. The van der Waals surface area contributed by atoms with Crippen LogP contribution in [-0.2, 0) is 9.59 Å². The van der Waals surface area contributed by atoms with E-state index in [0.29, 0.717) is 37.8 Å². The summed E-state index contributed by atoms with van der Waals surface area (Å²) in [5.41, 5.74) is 0.732. The van der Waals surface area contributed by atoms with Crippen LogP contribution in [0.4, 0.5) is 5.69 Å². The number of carbonyl (C=O) groups excluding carboxylic acids is 2. The highest BCUT2D eigenvalue weighted by Crippen LogP contribution is 2.36. The normalized spacial score (nSPS) is 21.7. The van der Waals surface area contributed by atoms with E-state index in [9.17, 15) is 9.59 Å². The molecule has 0 unspecified atom stereocenters. The van der Waals surface area contributed by atoms with Crippen LogP contribution >= 0.6 is 0 Å². The quantitative estimate of drug-likeness (QED) is 0.745. The fourth-order valence-corrected chi connectivity index (χ4v) is 4.77. The molecule has 170 valence electrons. The Bertz CT molecular complexity index is 997. The van der Waals surface area contributed by atoms with Crippen LogP contribution in [0.1, 0.15) is 36.8 Å². The molecule has 3 aliphatic heterocycles. The number of nitrogens with one attached hydrogen (secondary N) is 1. The Morgan fingerprint density at radius 1 is 1.12 bits per heavy atom. The first-order valence-corrected chi connectivity index (χ1v) is 11.4. The van der Waals surface area contributed by atoms with Gasteiger partial charge in [-0.1, -0.05) is 0 Å². The number of likely N-dealkylation sites (tertiary alicyclic amines) is 1. The lowest BCUT2D eigenvalue weighted by Gasteiger charge is -2.26. The van der Waals surface area contributed by atoms with Crippen molar-refractivity contribution in [1.82, 2.24) is 10.2 Å². The van der Waals surface area contributed by atoms with Gasteiger partial charge in [-0.25, -0.2) is 0 Å². The van der Waals surface area contributed by atoms with Gasteiger partial charge < -0.3 is 24.1 Å². The molecule has 0 spiro atoms. The van der Waals surface area contributed by atoms with Gasteiger partial charge in [0.25, 0.3) is 0 Å². The molecule has 8 nitrogen and oxygen atoms in total. The van der Waals surface area contributed by atoms with Gasteiger partial charge >= 0.3 is 0 Å². The molecule has 3 aliphatic rings. The van der Waals surface area contributed by atoms with Crippen LogP contribution in [0.25, 0.3) is 0 Å². The Hall–Kier alpha value is -3.00. The van der Waals surface area contributed by atoms with Crippen molar-refractivity contribution in [2.75, 3.05) is 44.3 Å². The van der Waals surface area contributed by atoms with Gasteiger partial charge in [-0.3, -0.25) is 14.5 Å². The average Bonchev–Trinajstić information content (AvgIpc) is 3.56. The Kier molecular flexibility index (Phi) is 5.78. The zero-order valence-electron chi connectivity index (χ0n) is 18.3. The summed E-state index contributed by atoms with van der Waals surface area (Å²) in [6.45, 7) is 5.77. The molecule has 2 fully saturated rings. The van der Waals surface area contributed by atoms with Gasteiger partial charge in [0.1, 0.15) is 24.7 Å². The smallest absolute Gasteiger partial charge is 0.227 e. The monoisotopic (exact) mass is 439 g/mol. The maximum atomic E-state index is 13.0. The van der Waals surface area contributed by atoms with E-state index in [1.165, 1.54) is 0 Å². The molecule has 32 heavy (non-hydrogen) atoms. The Morgan fingerprint density at radius 3 is 2.66 bits per heavy atom. The fourth-order valence-electron chi connectivity index (χ4n) is 4.77. The molecule has 2 amide bonds. The number of fused-ring (bicyclic) bond motifs is 1. The van der Waals surface area contributed by atoms with Crippen molar-refractivity contribution in [3.63, 3.8) is 0 Å². The fraction of sp³-hybridized carbons (Fsp3) is 0.500. The standard InChI is InChI=1S/C24H29N3O5/c1-16-4-6-20(32-16)19(26-8-2-3-9-26)14-25-24(29)17-12-23(28)27(15-17)18-5-7-21-22(13-18)31-11-10-30-21/h4-7,13,17,19H,2-3,8-12,14-15H2,1H3,(H,25,29)/t17-,19-/m1/s1. The van der Waals surface area contributed by atoms with Gasteiger partial charge in [-0.2, -0.15) is 0 Å². The number of nitrogens with zero attached hydrogens (tertiary/aromatic N) is 2. The summed E-state index contributed by atoms with van der Waals surface area (Å²) in [6, 6.07) is 9.44. The number of hydrogen-bond acceptors (Lipinski definition) is 6. The second kappa shape index (κ2) is 8.86. The number of anilines is 1. The van der Waals surface area contributed by atoms with Gasteiger partial charge in [0.15, 0.2) is 11.5 Å². The highest BCUT2D eigenvalue weighted by atomic mass is 16.6. The van der Waals surface area contributed by atoms with Crippen molar-refractivity contribution in [2.45, 2.75) is 32.2 Å². The average molecular weight is 440 g/mol. The highest BCUT2D eigenvalue weighted by molar-refractivity contribution is 6.00. The zero-order valence-corrected chi connectivity index (χ0v) is 18.3.